The number of alkyl halides is 1. The summed E-state index contributed by atoms with van der Waals surface area (Å²) in [6.45, 7) is 2.96. The van der Waals surface area contributed by atoms with Gasteiger partial charge in [-0.15, -0.1) is 0 Å². The number of nitrogens with zero attached hydrogens (tertiary/aromatic N) is 6. The highest BCUT2D eigenvalue weighted by Gasteiger charge is 2.08. The largest absolute Gasteiger partial charge is 0.451 e. The van der Waals surface area contributed by atoms with Crippen LogP contribution in [-0.2, 0) is 34.6 Å². The highest BCUT2D eigenvalue weighted by atomic mass is 79.9. The minimum Gasteiger partial charge on any atom is -0.451 e. The quantitative estimate of drug-likeness (QED) is 0.0698. The molecule has 0 saturated heterocycles. The first-order valence-corrected chi connectivity index (χ1v) is 15.8. The molecular weight excluding hydrogens is 644 g/mol. The van der Waals surface area contributed by atoms with Crippen molar-refractivity contribution in [2.75, 3.05) is 6.79 Å². The number of ether oxygens (including phenoxy) is 3. The second kappa shape index (κ2) is 15.4. The van der Waals surface area contributed by atoms with Crippen molar-refractivity contribution in [3.8, 4) is 40.0 Å². The van der Waals surface area contributed by atoms with E-state index in [1.807, 2.05) is 110 Å². The van der Waals surface area contributed by atoms with E-state index in [2.05, 4.69) is 35.9 Å². The van der Waals surface area contributed by atoms with Gasteiger partial charge in [-0.3, -0.25) is 9.97 Å². The van der Waals surface area contributed by atoms with Gasteiger partial charge in [-0.05, 0) is 73.7 Å². The molecule has 46 heavy (non-hydrogen) atoms. The molecule has 6 aromatic rings. The molecule has 0 radical (unpaired) electrons. The predicted molar refractivity (Wildman–Crippen MR) is 179 cm³/mol. The minimum atomic E-state index is 0.0274. The normalized spacial score (nSPS) is 11.0. The van der Waals surface area contributed by atoms with Crippen LogP contribution < -0.4 is 4.74 Å². The van der Waals surface area contributed by atoms with Gasteiger partial charge in [0.2, 0.25) is 5.88 Å². The highest BCUT2D eigenvalue weighted by Crippen LogP contribution is 2.20. The Bertz CT molecular complexity index is 1920. The fraction of sp³-hybridized carbons (Fsp3) is 0.167. The summed E-state index contributed by atoms with van der Waals surface area (Å²) in [6, 6.07) is 34.8. The maximum absolute atomic E-state index is 5.97. The topological polar surface area (TPSA) is 105 Å². The minimum absolute atomic E-state index is 0.0274. The lowest BCUT2D eigenvalue weighted by Gasteiger charge is -2.09. The first kappa shape index (κ1) is 31.1. The van der Waals surface area contributed by atoms with E-state index in [0.29, 0.717) is 36.7 Å². The van der Waals surface area contributed by atoms with Crippen LogP contribution in [0.5, 0.6) is 5.88 Å². The summed E-state index contributed by atoms with van der Waals surface area (Å²) in [4.78, 5) is 28.0. The molecule has 0 N–H and O–H groups in total. The zero-order valence-electron chi connectivity index (χ0n) is 25.2. The molecule has 0 aliphatic heterocycles. The fourth-order valence-corrected chi connectivity index (χ4v) is 4.95. The predicted octanol–water partition coefficient (Wildman–Crippen LogP) is 7.53. The van der Waals surface area contributed by atoms with Gasteiger partial charge >= 0.3 is 0 Å². The van der Waals surface area contributed by atoms with Gasteiger partial charge in [0.15, 0.2) is 6.79 Å². The summed E-state index contributed by atoms with van der Waals surface area (Å²) in [7, 11) is 0. The molecule has 9 nitrogen and oxygen atoms in total. The number of halogens is 1. The van der Waals surface area contributed by atoms with Crippen molar-refractivity contribution in [3.05, 3.63) is 138 Å². The Morgan fingerprint density at radius 2 is 0.870 bits per heavy atom. The van der Waals surface area contributed by atoms with Crippen LogP contribution >= 0.6 is 15.9 Å². The third-order valence-corrected chi connectivity index (χ3v) is 7.38. The summed E-state index contributed by atoms with van der Waals surface area (Å²) in [5, 5.41) is 0.693. The maximum atomic E-state index is 5.97. The lowest BCUT2D eigenvalue weighted by Crippen LogP contribution is -2.06. The van der Waals surface area contributed by atoms with Gasteiger partial charge in [0.1, 0.15) is 0 Å². The van der Waals surface area contributed by atoms with Gasteiger partial charge in [-0.2, -0.15) is 0 Å². The zero-order chi connectivity index (χ0) is 31.6. The van der Waals surface area contributed by atoms with Gasteiger partial charge in [-0.25, -0.2) is 19.9 Å². The van der Waals surface area contributed by atoms with Gasteiger partial charge in [-0.1, -0.05) is 52.3 Å². The van der Waals surface area contributed by atoms with Crippen molar-refractivity contribution in [2.45, 2.75) is 32.1 Å². The van der Waals surface area contributed by atoms with Gasteiger partial charge in [0.25, 0.3) is 0 Å². The van der Waals surface area contributed by atoms with E-state index in [1.165, 1.54) is 0 Å². The number of hydrogen-bond acceptors (Lipinski definition) is 9. The second-order valence-corrected chi connectivity index (χ2v) is 10.9. The number of pyridine rings is 6. The van der Waals surface area contributed by atoms with Crippen LogP contribution in [0.15, 0.2) is 109 Å². The molecule has 0 saturated carbocycles. The van der Waals surface area contributed by atoms with Gasteiger partial charge < -0.3 is 14.2 Å². The Labute approximate surface area is 275 Å². The van der Waals surface area contributed by atoms with Crippen molar-refractivity contribution < 1.29 is 14.2 Å². The number of rotatable bonds is 13. The van der Waals surface area contributed by atoms with Crippen LogP contribution in [0.2, 0.25) is 0 Å². The molecule has 0 fully saturated rings. The fourth-order valence-electron chi connectivity index (χ4n) is 4.64. The van der Waals surface area contributed by atoms with Crippen LogP contribution in [0.25, 0.3) is 34.2 Å². The Morgan fingerprint density at radius 3 is 1.39 bits per heavy atom. The molecule has 0 bridgehead atoms. The average Bonchev–Trinajstić information content (AvgIpc) is 3.11. The molecule has 0 aliphatic rings. The molecule has 230 valence electrons. The van der Waals surface area contributed by atoms with Crippen molar-refractivity contribution in [3.63, 3.8) is 0 Å². The van der Waals surface area contributed by atoms with Crippen molar-refractivity contribution >= 4 is 15.9 Å². The first-order valence-electron chi connectivity index (χ1n) is 14.7. The molecule has 6 heterocycles. The Morgan fingerprint density at radius 1 is 0.457 bits per heavy atom. The van der Waals surface area contributed by atoms with E-state index in [4.69, 9.17) is 24.2 Å². The summed E-state index contributed by atoms with van der Waals surface area (Å²) in [5.74, 6) is 0.439. The van der Waals surface area contributed by atoms with Crippen LogP contribution in [0, 0.1) is 6.92 Å². The van der Waals surface area contributed by atoms with E-state index in [1.54, 1.807) is 6.07 Å². The zero-order valence-corrected chi connectivity index (χ0v) is 26.8. The maximum Gasteiger partial charge on any atom is 0.216 e. The smallest absolute Gasteiger partial charge is 0.216 e. The molecule has 0 aliphatic carbocycles. The highest BCUT2D eigenvalue weighted by molar-refractivity contribution is 9.08. The monoisotopic (exact) mass is 674 g/mol. The number of aryl methyl sites for hydroxylation is 1. The van der Waals surface area contributed by atoms with Crippen LogP contribution in [0.3, 0.4) is 0 Å². The van der Waals surface area contributed by atoms with Crippen LogP contribution in [0.4, 0.5) is 0 Å². The third kappa shape index (κ3) is 8.42. The molecule has 10 heteroatoms. The first-order chi connectivity index (χ1) is 22.6. The lowest BCUT2D eigenvalue weighted by atomic mass is 10.2. The van der Waals surface area contributed by atoms with Crippen molar-refractivity contribution in [1.82, 2.24) is 29.9 Å². The van der Waals surface area contributed by atoms with E-state index in [-0.39, 0.29) is 6.79 Å². The molecule has 0 unspecified atom stereocenters. The molecule has 0 aromatic carbocycles. The SMILES string of the molecule is Cc1cccc(-c2cccc(COCOc3cccc(-c4cccc(COCc5cccc(-c6cccc(CBr)n6)n5)n4)n3)n2)n1. The van der Waals surface area contributed by atoms with Crippen LogP contribution in [0.1, 0.15) is 28.5 Å². The van der Waals surface area contributed by atoms with E-state index in [9.17, 15) is 0 Å². The molecular formula is C36H31BrN6O3. The average molecular weight is 676 g/mol. The van der Waals surface area contributed by atoms with E-state index in [0.717, 1.165) is 56.9 Å². The Hall–Kier alpha value is -4.90. The number of aromatic nitrogens is 6. The standard InChI is InChI=1S/C36H31BrN6O3/c1-25-8-2-13-30(38-25)31-15-6-12-29(42-31)23-45-24-46-36-19-7-18-35(43-36)34-17-5-11-28(41-34)22-44-21-27-10-4-16-33(40-27)32-14-3-9-26(20-37)39-32/h2-19H,20-24H2,1H3. The third-order valence-electron chi connectivity index (χ3n) is 6.80. The van der Waals surface area contributed by atoms with Crippen LogP contribution in [-0.4, -0.2) is 36.7 Å². The molecule has 0 amide bonds. The van der Waals surface area contributed by atoms with Gasteiger partial charge in [0.05, 0.1) is 76.8 Å². The van der Waals surface area contributed by atoms with Gasteiger partial charge in [0, 0.05) is 17.1 Å². The Balaban J connectivity index is 1.01. The summed E-state index contributed by atoms with van der Waals surface area (Å²) in [5.41, 5.74) is 8.97. The summed E-state index contributed by atoms with van der Waals surface area (Å²) >= 11 is 3.46. The van der Waals surface area contributed by atoms with E-state index >= 15 is 0 Å². The molecule has 0 atom stereocenters. The second-order valence-electron chi connectivity index (χ2n) is 10.3. The van der Waals surface area contributed by atoms with Crippen molar-refractivity contribution in [1.29, 1.82) is 0 Å². The summed E-state index contributed by atoms with van der Waals surface area (Å²) in [6.07, 6.45) is 0. The van der Waals surface area contributed by atoms with E-state index < -0.39 is 0 Å². The lowest BCUT2D eigenvalue weighted by molar-refractivity contribution is 0.00132. The molecule has 6 rings (SSSR count). The Kier molecular flexibility index (Phi) is 10.4. The van der Waals surface area contributed by atoms with Crippen molar-refractivity contribution in [2.24, 2.45) is 0 Å². The molecule has 0 spiro atoms. The summed E-state index contributed by atoms with van der Waals surface area (Å²) < 4.78 is 17.5. The number of hydrogen-bond donors (Lipinski definition) is 0. The molecule has 6 aromatic heterocycles.